The predicted octanol–water partition coefficient (Wildman–Crippen LogP) is 1.34. The van der Waals surface area contributed by atoms with Gasteiger partial charge in [-0.15, -0.1) is 0 Å². The maximum atomic E-state index is 13.0. The van der Waals surface area contributed by atoms with Crippen LogP contribution < -0.4 is 5.32 Å². The topological polar surface area (TPSA) is 67.2 Å². The van der Waals surface area contributed by atoms with Gasteiger partial charge in [0.1, 0.15) is 17.2 Å². The van der Waals surface area contributed by atoms with E-state index in [1.807, 2.05) is 0 Å². The average Bonchev–Trinajstić information content (AvgIpc) is 2.82. The Bertz CT molecular complexity index is 648. The van der Waals surface area contributed by atoms with Crippen molar-refractivity contribution in [2.45, 2.75) is 12.5 Å². The molecule has 7 heteroatoms. The third kappa shape index (κ3) is 3.63. The monoisotopic (exact) mass is 295 g/mol. The van der Waals surface area contributed by atoms with E-state index in [1.54, 1.807) is 13.2 Å². The summed E-state index contributed by atoms with van der Waals surface area (Å²) in [5.41, 5.74) is -0.958. The zero-order valence-corrected chi connectivity index (χ0v) is 11.6. The molecule has 1 heterocycles. The third-order valence-corrected chi connectivity index (χ3v) is 3.04. The van der Waals surface area contributed by atoms with E-state index in [9.17, 15) is 18.7 Å². The lowest BCUT2D eigenvalue weighted by Gasteiger charge is -2.22. The Morgan fingerprint density at radius 1 is 1.38 bits per heavy atom. The van der Waals surface area contributed by atoms with Gasteiger partial charge in [-0.2, -0.15) is 5.10 Å². The van der Waals surface area contributed by atoms with Crippen molar-refractivity contribution in [3.05, 3.63) is 53.4 Å². The second-order valence-electron chi connectivity index (χ2n) is 5.02. The van der Waals surface area contributed by atoms with Gasteiger partial charge in [-0.1, -0.05) is 0 Å². The average molecular weight is 295 g/mol. The lowest BCUT2D eigenvalue weighted by atomic mass is 9.99. The minimum absolute atomic E-state index is 0.115. The van der Waals surface area contributed by atoms with E-state index in [0.29, 0.717) is 11.6 Å². The number of aliphatic hydroxyl groups is 1. The number of nitrogens with one attached hydrogen (secondary N) is 1. The molecule has 0 spiro atoms. The van der Waals surface area contributed by atoms with Crippen LogP contribution in [0.25, 0.3) is 0 Å². The number of halogens is 2. The Balaban J connectivity index is 2.06. The van der Waals surface area contributed by atoms with Crippen molar-refractivity contribution in [2.75, 3.05) is 6.54 Å². The third-order valence-electron chi connectivity index (χ3n) is 3.04. The van der Waals surface area contributed by atoms with Gasteiger partial charge in [0, 0.05) is 30.4 Å². The molecule has 0 aliphatic carbocycles. The van der Waals surface area contributed by atoms with E-state index in [2.05, 4.69) is 10.4 Å². The molecule has 2 rings (SSSR count). The molecule has 0 fully saturated rings. The summed E-state index contributed by atoms with van der Waals surface area (Å²) in [6.45, 7) is 1.39. The van der Waals surface area contributed by atoms with Gasteiger partial charge in [-0.05, 0) is 19.1 Å². The molecule has 1 aromatic heterocycles. The molecule has 1 aromatic carbocycles. The minimum Gasteiger partial charge on any atom is -0.383 e. The Labute approximate surface area is 120 Å². The van der Waals surface area contributed by atoms with Gasteiger partial charge in [-0.3, -0.25) is 9.48 Å². The van der Waals surface area contributed by atoms with Crippen molar-refractivity contribution >= 4 is 5.91 Å². The minimum atomic E-state index is -1.34. The number of hydrogen-bond donors (Lipinski definition) is 2. The molecule has 2 aromatic rings. The number of nitrogens with zero attached hydrogens (tertiary/aromatic N) is 2. The highest BCUT2D eigenvalue weighted by Gasteiger charge is 2.25. The van der Waals surface area contributed by atoms with Crippen LogP contribution in [0.5, 0.6) is 0 Å². The first kappa shape index (κ1) is 15.1. The summed E-state index contributed by atoms with van der Waals surface area (Å²) in [5.74, 6) is -2.34. The highest BCUT2D eigenvalue weighted by Crippen LogP contribution is 2.18. The van der Waals surface area contributed by atoms with Gasteiger partial charge in [0.2, 0.25) is 0 Å². The van der Waals surface area contributed by atoms with Gasteiger partial charge in [0.05, 0.1) is 12.7 Å². The van der Waals surface area contributed by atoms with Crippen LogP contribution in [0.4, 0.5) is 8.78 Å². The summed E-state index contributed by atoms with van der Waals surface area (Å²) >= 11 is 0. The van der Waals surface area contributed by atoms with Crippen molar-refractivity contribution in [1.29, 1.82) is 0 Å². The van der Waals surface area contributed by atoms with Crippen molar-refractivity contribution < 1.29 is 18.7 Å². The smallest absolute Gasteiger partial charge is 0.251 e. The normalized spacial score (nSPS) is 13.8. The first-order chi connectivity index (χ1) is 9.78. The SMILES string of the molecule is Cn1cc(C(C)(O)CNC(=O)c2cc(F)cc(F)c2)cn1. The first-order valence-electron chi connectivity index (χ1n) is 6.24. The van der Waals surface area contributed by atoms with Crippen LogP contribution in [0.1, 0.15) is 22.8 Å². The van der Waals surface area contributed by atoms with Crippen LogP contribution in [0.2, 0.25) is 0 Å². The van der Waals surface area contributed by atoms with E-state index >= 15 is 0 Å². The predicted molar refractivity (Wildman–Crippen MR) is 71.5 cm³/mol. The molecule has 0 bridgehead atoms. The highest BCUT2D eigenvalue weighted by atomic mass is 19.1. The van der Waals surface area contributed by atoms with Gasteiger partial charge in [0.25, 0.3) is 5.91 Å². The molecule has 0 radical (unpaired) electrons. The van der Waals surface area contributed by atoms with E-state index in [0.717, 1.165) is 12.1 Å². The first-order valence-corrected chi connectivity index (χ1v) is 6.24. The molecule has 2 N–H and O–H groups in total. The second-order valence-corrected chi connectivity index (χ2v) is 5.02. The fourth-order valence-corrected chi connectivity index (χ4v) is 1.84. The van der Waals surface area contributed by atoms with E-state index in [-0.39, 0.29) is 12.1 Å². The number of carbonyl (C=O) groups is 1. The van der Waals surface area contributed by atoms with E-state index in [4.69, 9.17) is 0 Å². The summed E-state index contributed by atoms with van der Waals surface area (Å²) in [4.78, 5) is 11.9. The molecule has 0 aliphatic heterocycles. The summed E-state index contributed by atoms with van der Waals surface area (Å²) in [6.07, 6.45) is 3.10. The summed E-state index contributed by atoms with van der Waals surface area (Å²) in [6, 6.07) is 2.54. The van der Waals surface area contributed by atoms with E-state index < -0.39 is 23.1 Å². The number of amides is 1. The molecular formula is C14H15F2N3O2. The highest BCUT2D eigenvalue weighted by molar-refractivity contribution is 5.94. The number of aromatic nitrogens is 2. The number of aryl methyl sites for hydroxylation is 1. The molecule has 112 valence electrons. The van der Waals surface area contributed by atoms with Crippen LogP contribution in [0, 0.1) is 11.6 Å². The van der Waals surface area contributed by atoms with Crippen LogP contribution in [0.3, 0.4) is 0 Å². The maximum Gasteiger partial charge on any atom is 0.251 e. The molecule has 1 unspecified atom stereocenters. The number of benzene rings is 1. The molecular weight excluding hydrogens is 280 g/mol. The Kier molecular flexibility index (Phi) is 4.04. The number of hydrogen-bond acceptors (Lipinski definition) is 3. The van der Waals surface area contributed by atoms with Crippen LogP contribution in [0.15, 0.2) is 30.6 Å². The summed E-state index contributed by atoms with van der Waals surface area (Å²) < 4.78 is 27.6. The molecule has 0 saturated heterocycles. The number of carbonyl (C=O) groups excluding carboxylic acids is 1. The Hall–Kier alpha value is -2.28. The second kappa shape index (κ2) is 5.61. The molecule has 0 saturated carbocycles. The quantitative estimate of drug-likeness (QED) is 0.894. The van der Waals surface area contributed by atoms with Crippen LogP contribution in [-0.2, 0) is 12.6 Å². The van der Waals surface area contributed by atoms with E-state index in [1.165, 1.54) is 17.8 Å². The van der Waals surface area contributed by atoms with Gasteiger partial charge < -0.3 is 10.4 Å². The molecule has 0 aliphatic rings. The Morgan fingerprint density at radius 2 is 2.00 bits per heavy atom. The fourth-order valence-electron chi connectivity index (χ4n) is 1.84. The van der Waals surface area contributed by atoms with Crippen molar-refractivity contribution in [2.24, 2.45) is 7.05 Å². The van der Waals surface area contributed by atoms with Crippen LogP contribution in [-0.4, -0.2) is 27.3 Å². The fraction of sp³-hybridized carbons (Fsp3) is 0.286. The zero-order chi connectivity index (χ0) is 15.6. The van der Waals surface area contributed by atoms with Crippen molar-refractivity contribution in [3.63, 3.8) is 0 Å². The van der Waals surface area contributed by atoms with Gasteiger partial charge in [0.15, 0.2) is 0 Å². The molecule has 1 amide bonds. The molecule has 1 atom stereocenters. The van der Waals surface area contributed by atoms with Crippen molar-refractivity contribution in [3.8, 4) is 0 Å². The largest absolute Gasteiger partial charge is 0.383 e. The number of rotatable bonds is 4. The summed E-state index contributed by atoms with van der Waals surface area (Å²) in [7, 11) is 1.70. The maximum absolute atomic E-state index is 13.0. The van der Waals surface area contributed by atoms with Crippen LogP contribution >= 0.6 is 0 Å². The van der Waals surface area contributed by atoms with Gasteiger partial charge in [-0.25, -0.2) is 8.78 Å². The lowest BCUT2D eigenvalue weighted by Crippen LogP contribution is -2.38. The van der Waals surface area contributed by atoms with Crippen molar-refractivity contribution in [1.82, 2.24) is 15.1 Å². The molecule has 21 heavy (non-hydrogen) atoms. The standard InChI is InChI=1S/C14H15F2N3O2/c1-14(21,10-6-18-19(2)7-10)8-17-13(20)9-3-11(15)5-12(16)4-9/h3-7,21H,8H2,1-2H3,(H,17,20). The zero-order valence-electron chi connectivity index (χ0n) is 11.6. The Morgan fingerprint density at radius 3 is 2.52 bits per heavy atom. The lowest BCUT2D eigenvalue weighted by molar-refractivity contribution is 0.0525. The van der Waals surface area contributed by atoms with Gasteiger partial charge >= 0.3 is 0 Å². The summed E-state index contributed by atoms with van der Waals surface area (Å²) in [5, 5.41) is 16.7. The molecule has 5 nitrogen and oxygen atoms in total.